The standard InChI is InChI=1S/C27H32N6O3/c1-16-12-33(13-17(2)35-16)27-30-24-22(25(31-27)32-14-20-7-8-21(15-32)36-20)9-10-23(29-24)18-5-4-6-19(11-18)26(34)28-3/h4-6,9-11,16-17,20-21H,7-8,12-15H2,1-3H3,(H,28,34). The van der Waals surface area contributed by atoms with Crippen LogP contribution in [0.4, 0.5) is 11.8 Å². The van der Waals surface area contributed by atoms with Crippen molar-refractivity contribution in [1.29, 1.82) is 0 Å². The SMILES string of the molecule is CNC(=O)c1cccc(-c2ccc3c(N4CC5CCC(C4)O5)nc(N4CC(C)OC(C)C4)nc3n2)c1. The van der Waals surface area contributed by atoms with Crippen LogP contribution >= 0.6 is 0 Å². The lowest BCUT2D eigenvalue weighted by Gasteiger charge is -2.37. The van der Waals surface area contributed by atoms with Crippen LogP contribution in [-0.2, 0) is 9.47 Å². The van der Waals surface area contributed by atoms with Crippen molar-refractivity contribution in [3.8, 4) is 11.3 Å². The number of hydrogen-bond donors (Lipinski definition) is 1. The minimum Gasteiger partial charge on any atom is -0.372 e. The Bertz CT molecular complexity index is 1280. The quantitative estimate of drug-likeness (QED) is 0.599. The number of pyridine rings is 1. The Morgan fingerprint density at radius 1 is 0.917 bits per heavy atom. The predicted octanol–water partition coefficient (Wildman–Crippen LogP) is 3.03. The molecule has 9 nitrogen and oxygen atoms in total. The van der Waals surface area contributed by atoms with Gasteiger partial charge in [0.1, 0.15) is 5.82 Å². The average Bonchev–Trinajstić information content (AvgIpc) is 3.23. The molecule has 3 aliphatic heterocycles. The molecular formula is C27H32N6O3. The van der Waals surface area contributed by atoms with E-state index in [-0.39, 0.29) is 30.3 Å². The molecule has 4 unspecified atom stereocenters. The number of aromatic nitrogens is 3. The molecule has 1 amide bonds. The Kier molecular flexibility index (Phi) is 5.97. The first-order valence-corrected chi connectivity index (χ1v) is 12.8. The fourth-order valence-electron chi connectivity index (χ4n) is 5.62. The lowest BCUT2D eigenvalue weighted by Crippen LogP contribution is -2.47. The highest BCUT2D eigenvalue weighted by Gasteiger charge is 2.35. The number of rotatable bonds is 4. The number of hydrogen-bond acceptors (Lipinski definition) is 8. The first-order valence-electron chi connectivity index (χ1n) is 12.8. The largest absolute Gasteiger partial charge is 0.372 e. The number of fused-ring (bicyclic) bond motifs is 3. The molecule has 3 saturated heterocycles. The monoisotopic (exact) mass is 488 g/mol. The molecule has 2 bridgehead atoms. The topological polar surface area (TPSA) is 92.7 Å². The van der Waals surface area contributed by atoms with E-state index < -0.39 is 0 Å². The summed E-state index contributed by atoms with van der Waals surface area (Å²) in [7, 11) is 1.63. The molecule has 36 heavy (non-hydrogen) atoms. The number of amides is 1. The van der Waals surface area contributed by atoms with Gasteiger partial charge in [0.05, 0.1) is 35.5 Å². The van der Waals surface area contributed by atoms with E-state index in [4.69, 9.17) is 24.4 Å². The summed E-state index contributed by atoms with van der Waals surface area (Å²) < 4.78 is 12.0. The molecule has 3 aliphatic rings. The van der Waals surface area contributed by atoms with Crippen LogP contribution in [0.3, 0.4) is 0 Å². The van der Waals surface area contributed by atoms with Crippen LogP contribution in [0.25, 0.3) is 22.3 Å². The lowest BCUT2D eigenvalue weighted by molar-refractivity contribution is -0.00570. The molecule has 188 valence electrons. The van der Waals surface area contributed by atoms with E-state index in [1.807, 2.05) is 24.3 Å². The van der Waals surface area contributed by atoms with Gasteiger partial charge in [0.25, 0.3) is 5.91 Å². The van der Waals surface area contributed by atoms with Crippen molar-refractivity contribution in [2.45, 2.75) is 51.1 Å². The number of carbonyl (C=O) groups excluding carboxylic acids is 1. The maximum Gasteiger partial charge on any atom is 0.251 e. The van der Waals surface area contributed by atoms with Gasteiger partial charge in [-0.3, -0.25) is 4.79 Å². The van der Waals surface area contributed by atoms with Crippen molar-refractivity contribution in [2.75, 3.05) is 43.0 Å². The Hall–Kier alpha value is -3.30. The first-order chi connectivity index (χ1) is 17.5. The third-order valence-corrected chi connectivity index (χ3v) is 7.22. The normalized spacial score (nSPS) is 25.9. The molecular weight excluding hydrogens is 456 g/mol. The Balaban J connectivity index is 1.45. The molecule has 1 N–H and O–H groups in total. The number of morpholine rings is 2. The van der Waals surface area contributed by atoms with Gasteiger partial charge in [0.15, 0.2) is 5.65 Å². The van der Waals surface area contributed by atoms with Gasteiger partial charge in [-0.2, -0.15) is 9.97 Å². The number of carbonyl (C=O) groups is 1. The molecule has 0 radical (unpaired) electrons. The molecule has 5 heterocycles. The van der Waals surface area contributed by atoms with Gasteiger partial charge >= 0.3 is 0 Å². The third-order valence-electron chi connectivity index (χ3n) is 7.22. The van der Waals surface area contributed by atoms with Crippen LogP contribution < -0.4 is 15.1 Å². The van der Waals surface area contributed by atoms with E-state index in [0.29, 0.717) is 17.2 Å². The zero-order valence-electron chi connectivity index (χ0n) is 21.0. The van der Waals surface area contributed by atoms with Crippen LogP contribution in [-0.4, -0.2) is 78.5 Å². The van der Waals surface area contributed by atoms with Crippen LogP contribution in [0.1, 0.15) is 37.0 Å². The van der Waals surface area contributed by atoms with Crippen molar-refractivity contribution in [3.05, 3.63) is 42.0 Å². The van der Waals surface area contributed by atoms with E-state index in [2.05, 4.69) is 35.0 Å². The zero-order chi connectivity index (χ0) is 24.8. The molecule has 3 aromatic rings. The Morgan fingerprint density at radius 3 is 2.39 bits per heavy atom. The molecule has 6 rings (SSSR count). The zero-order valence-corrected chi connectivity index (χ0v) is 21.0. The maximum absolute atomic E-state index is 12.2. The van der Waals surface area contributed by atoms with Crippen molar-refractivity contribution < 1.29 is 14.3 Å². The van der Waals surface area contributed by atoms with Crippen LogP contribution in [0.2, 0.25) is 0 Å². The lowest BCUT2D eigenvalue weighted by atomic mass is 10.1. The molecule has 0 saturated carbocycles. The fourth-order valence-corrected chi connectivity index (χ4v) is 5.62. The average molecular weight is 489 g/mol. The number of nitrogens with one attached hydrogen (secondary N) is 1. The molecule has 3 fully saturated rings. The second kappa shape index (κ2) is 9.29. The number of anilines is 2. The molecule has 1 aromatic carbocycles. The van der Waals surface area contributed by atoms with Gasteiger partial charge in [-0.25, -0.2) is 4.98 Å². The molecule has 0 spiro atoms. The summed E-state index contributed by atoms with van der Waals surface area (Å²) >= 11 is 0. The van der Waals surface area contributed by atoms with Crippen LogP contribution in [0.15, 0.2) is 36.4 Å². The summed E-state index contributed by atoms with van der Waals surface area (Å²) in [4.78, 5) is 31.8. The fraction of sp³-hybridized carbons (Fsp3) is 0.481. The first kappa shape index (κ1) is 23.1. The Morgan fingerprint density at radius 2 is 1.67 bits per heavy atom. The van der Waals surface area contributed by atoms with Gasteiger partial charge in [-0.05, 0) is 51.0 Å². The second-order valence-corrected chi connectivity index (χ2v) is 10.1. The minimum absolute atomic E-state index is 0.0995. The van der Waals surface area contributed by atoms with E-state index >= 15 is 0 Å². The summed E-state index contributed by atoms with van der Waals surface area (Å²) in [5, 5.41) is 3.62. The summed E-state index contributed by atoms with van der Waals surface area (Å²) in [6.45, 7) is 7.29. The maximum atomic E-state index is 12.2. The van der Waals surface area contributed by atoms with Crippen LogP contribution in [0.5, 0.6) is 0 Å². The number of ether oxygens (including phenoxy) is 2. The van der Waals surface area contributed by atoms with Gasteiger partial charge < -0.3 is 24.6 Å². The molecule has 4 atom stereocenters. The highest BCUT2D eigenvalue weighted by molar-refractivity contribution is 5.95. The molecule has 2 aromatic heterocycles. The number of benzene rings is 1. The predicted molar refractivity (Wildman–Crippen MR) is 138 cm³/mol. The highest BCUT2D eigenvalue weighted by Crippen LogP contribution is 2.34. The minimum atomic E-state index is -0.123. The smallest absolute Gasteiger partial charge is 0.251 e. The molecule has 0 aliphatic carbocycles. The van der Waals surface area contributed by atoms with Gasteiger partial charge in [0, 0.05) is 44.4 Å². The molecule has 9 heteroatoms. The summed E-state index contributed by atoms with van der Waals surface area (Å²) in [6.07, 6.45) is 2.89. The Labute approximate surface area is 210 Å². The number of nitrogens with zero attached hydrogens (tertiary/aromatic N) is 5. The van der Waals surface area contributed by atoms with Gasteiger partial charge in [-0.1, -0.05) is 12.1 Å². The van der Waals surface area contributed by atoms with Gasteiger partial charge in [-0.15, -0.1) is 0 Å². The van der Waals surface area contributed by atoms with E-state index in [9.17, 15) is 4.79 Å². The van der Waals surface area contributed by atoms with E-state index in [1.165, 1.54) is 0 Å². The van der Waals surface area contributed by atoms with Crippen molar-refractivity contribution in [3.63, 3.8) is 0 Å². The van der Waals surface area contributed by atoms with Crippen LogP contribution in [0, 0.1) is 0 Å². The van der Waals surface area contributed by atoms with Crippen molar-refractivity contribution >= 4 is 28.7 Å². The van der Waals surface area contributed by atoms with Crippen molar-refractivity contribution in [2.24, 2.45) is 0 Å². The summed E-state index contributed by atoms with van der Waals surface area (Å²) in [5.74, 6) is 1.48. The van der Waals surface area contributed by atoms with E-state index in [0.717, 1.165) is 61.5 Å². The second-order valence-electron chi connectivity index (χ2n) is 10.1. The van der Waals surface area contributed by atoms with Crippen molar-refractivity contribution in [1.82, 2.24) is 20.3 Å². The van der Waals surface area contributed by atoms with Gasteiger partial charge in [0.2, 0.25) is 5.95 Å². The summed E-state index contributed by atoms with van der Waals surface area (Å²) in [6, 6.07) is 11.6. The third kappa shape index (κ3) is 4.37. The highest BCUT2D eigenvalue weighted by atomic mass is 16.5. The van der Waals surface area contributed by atoms with E-state index in [1.54, 1.807) is 13.1 Å². The summed E-state index contributed by atoms with van der Waals surface area (Å²) in [5.41, 5.74) is 2.90.